The van der Waals surface area contributed by atoms with Gasteiger partial charge in [-0.25, -0.2) is 9.97 Å². The monoisotopic (exact) mass is 331 g/mol. The van der Waals surface area contributed by atoms with Gasteiger partial charge in [0.05, 0.1) is 23.4 Å². The SMILES string of the molecule is Cc1ncsc1CN1CC2(CC(Oc3ccccn3)CCO2)C1. The van der Waals surface area contributed by atoms with Crippen LogP contribution < -0.4 is 4.74 Å². The zero-order chi connectivity index (χ0) is 15.7. The molecule has 0 radical (unpaired) electrons. The summed E-state index contributed by atoms with van der Waals surface area (Å²) in [5.41, 5.74) is 3.04. The molecule has 4 rings (SSSR count). The van der Waals surface area contributed by atoms with Crippen LogP contribution in [0.15, 0.2) is 29.9 Å². The van der Waals surface area contributed by atoms with Crippen molar-refractivity contribution in [3.8, 4) is 5.88 Å². The van der Waals surface area contributed by atoms with Crippen molar-refractivity contribution in [2.24, 2.45) is 0 Å². The van der Waals surface area contributed by atoms with E-state index in [2.05, 4.69) is 21.8 Å². The summed E-state index contributed by atoms with van der Waals surface area (Å²) in [6.07, 6.45) is 3.85. The predicted molar refractivity (Wildman–Crippen MR) is 88.7 cm³/mol. The lowest BCUT2D eigenvalue weighted by atomic mass is 9.84. The van der Waals surface area contributed by atoms with Gasteiger partial charge in [-0.1, -0.05) is 6.07 Å². The second-order valence-corrected chi connectivity index (χ2v) is 7.38. The molecule has 5 nitrogen and oxygen atoms in total. The molecule has 1 spiro atoms. The fraction of sp³-hybridized carbons (Fsp3) is 0.529. The van der Waals surface area contributed by atoms with Gasteiger partial charge in [0.25, 0.3) is 0 Å². The van der Waals surface area contributed by atoms with Crippen LogP contribution in [0.5, 0.6) is 5.88 Å². The molecule has 0 aromatic carbocycles. The molecule has 0 amide bonds. The van der Waals surface area contributed by atoms with E-state index in [9.17, 15) is 0 Å². The number of nitrogens with zero attached hydrogens (tertiary/aromatic N) is 3. The lowest BCUT2D eigenvalue weighted by Crippen LogP contribution is -2.65. The maximum atomic E-state index is 6.09. The Balaban J connectivity index is 1.33. The summed E-state index contributed by atoms with van der Waals surface area (Å²) in [5, 5.41) is 0. The summed E-state index contributed by atoms with van der Waals surface area (Å²) in [6, 6.07) is 5.78. The molecule has 2 aromatic heterocycles. The highest BCUT2D eigenvalue weighted by atomic mass is 32.1. The molecule has 23 heavy (non-hydrogen) atoms. The molecule has 2 aliphatic rings. The van der Waals surface area contributed by atoms with Gasteiger partial charge in [-0.2, -0.15) is 0 Å². The molecule has 2 aromatic rings. The molecule has 0 aliphatic carbocycles. The summed E-state index contributed by atoms with van der Waals surface area (Å²) in [4.78, 5) is 12.4. The minimum Gasteiger partial charge on any atom is -0.474 e. The van der Waals surface area contributed by atoms with Gasteiger partial charge in [0.15, 0.2) is 0 Å². The predicted octanol–water partition coefficient (Wildman–Crippen LogP) is 2.66. The summed E-state index contributed by atoms with van der Waals surface area (Å²) in [7, 11) is 0. The van der Waals surface area contributed by atoms with Gasteiger partial charge in [0.1, 0.15) is 6.10 Å². The molecule has 0 N–H and O–H groups in total. The van der Waals surface area contributed by atoms with E-state index < -0.39 is 0 Å². The maximum Gasteiger partial charge on any atom is 0.213 e. The van der Waals surface area contributed by atoms with Crippen molar-refractivity contribution in [1.29, 1.82) is 0 Å². The van der Waals surface area contributed by atoms with Crippen LogP contribution in [0, 0.1) is 6.92 Å². The smallest absolute Gasteiger partial charge is 0.213 e. The molecular formula is C17H21N3O2S. The van der Waals surface area contributed by atoms with Crippen molar-refractivity contribution in [2.45, 2.75) is 38.0 Å². The van der Waals surface area contributed by atoms with Gasteiger partial charge in [-0.05, 0) is 13.0 Å². The number of hydrogen-bond acceptors (Lipinski definition) is 6. The Kier molecular flexibility index (Phi) is 4.05. The van der Waals surface area contributed by atoms with Gasteiger partial charge < -0.3 is 9.47 Å². The van der Waals surface area contributed by atoms with Crippen LogP contribution in [-0.4, -0.2) is 46.3 Å². The van der Waals surface area contributed by atoms with Crippen molar-refractivity contribution in [2.75, 3.05) is 19.7 Å². The highest BCUT2D eigenvalue weighted by Gasteiger charge is 2.48. The third-order valence-corrected chi connectivity index (χ3v) is 5.53. The molecule has 1 unspecified atom stereocenters. The molecule has 2 fully saturated rings. The maximum absolute atomic E-state index is 6.09. The highest BCUT2D eigenvalue weighted by molar-refractivity contribution is 7.09. The molecule has 0 bridgehead atoms. The van der Waals surface area contributed by atoms with E-state index in [0.29, 0.717) is 5.88 Å². The first-order valence-electron chi connectivity index (χ1n) is 8.05. The normalized spacial score (nSPS) is 23.6. The Morgan fingerprint density at radius 3 is 3.04 bits per heavy atom. The molecule has 2 aliphatic heterocycles. The molecule has 2 saturated heterocycles. The largest absolute Gasteiger partial charge is 0.474 e. The van der Waals surface area contributed by atoms with Crippen molar-refractivity contribution in [3.05, 3.63) is 40.5 Å². The van der Waals surface area contributed by atoms with E-state index in [-0.39, 0.29) is 11.7 Å². The Labute approximate surface area is 140 Å². The fourth-order valence-electron chi connectivity index (χ4n) is 3.45. The fourth-order valence-corrected chi connectivity index (χ4v) is 4.27. The Morgan fingerprint density at radius 2 is 2.30 bits per heavy atom. The van der Waals surface area contributed by atoms with Crippen LogP contribution in [0.2, 0.25) is 0 Å². The van der Waals surface area contributed by atoms with E-state index >= 15 is 0 Å². The summed E-state index contributed by atoms with van der Waals surface area (Å²) in [6.45, 7) is 5.78. The van der Waals surface area contributed by atoms with E-state index in [0.717, 1.165) is 44.8 Å². The van der Waals surface area contributed by atoms with Crippen LogP contribution in [0.3, 0.4) is 0 Å². The lowest BCUT2D eigenvalue weighted by Gasteiger charge is -2.53. The first-order chi connectivity index (χ1) is 11.2. The van der Waals surface area contributed by atoms with E-state index in [1.807, 2.05) is 23.7 Å². The molecular weight excluding hydrogens is 310 g/mol. The highest BCUT2D eigenvalue weighted by Crippen LogP contribution is 2.36. The minimum atomic E-state index is -0.0315. The van der Waals surface area contributed by atoms with Crippen molar-refractivity contribution < 1.29 is 9.47 Å². The van der Waals surface area contributed by atoms with Crippen LogP contribution in [0.1, 0.15) is 23.4 Å². The third kappa shape index (κ3) is 3.24. The number of thiazole rings is 1. The summed E-state index contributed by atoms with van der Waals surface area (Å²) < 4.78 is 12.1. The van der Waals surface area contributed by atoms with Gasteiger partial charge in [0, 0.05) is 49.6 Å². The Bertz CT molecular complexity index is 655. The van der Waals surface area contributed by atoms with Gasteiger partial charge in [-0.3, -0.25) is 4.90 Å². The quantitative estimate of drug-likeness (QED) is 0.862. The van der Waals surface area contributed by atoms with Crippen LogP contribution in [0.4, 0.5) is 0 Å². The van der Waals surface area contributed by atoms with Crippen LogP contribution in [-0.2, 0) is 11.3 Å². The Morgan fingerprint density at radius 1 is 1.39 bits per heavy atom. The second kappa shape index (κ2) is 6.19. The number of aryl methyl sites for hydroxylation is 1. The molecule has 6 heteroatoms. The van der Waals surface area contributed by atoms with Gasteiger partial charge >= 0.3 is 0 Å². The van der Waals surface area contributed by atoms with Crippen molar-refractivity contribution >= 4 is 11.3 Å². The van der Waals surface area contributed by atoms with E-state index in [1.54, 1.807) is 17.5 Å². The summed E-state index contributed by atoms with van der Waals surface area (Å²) in [5.74, 6) is 0.714. The number of ether oxygens (including phenoxy) is 2. The van der Waals surface area contributed by atoms with E-state index in [1.165, 1.54) is 4.88 Å². The number of rotatable bonds is 4. The average Bonchev–Trinajstić information content (AvgIpc) is 2.92. The second-order valence-electron chi connectivity index (χ2n) is 6.44. The number of hydrogen-bond donors (Lipinski definition) is 0. The van der Waals surface area contributed by atoms with Crippen molar-refractivity contribution in [1.82, 2.24) is 14.9 Å². The summed E-state index contributed by atoms with van der Waals surface area (Å²) >= 11 is 1.74. The van der Waals surface area contributed by atoms with Gasteiger partial charge in [0.2, 0.25) is 5.88 Å². The zero-order valence-corrected chi connectivity index (χ0v) is 14.1. The Hall–Kier alpha value is -1.50. The standard InChI is InChI=1S/C17H21N3O2S/c1-13-15(23-12-19-13)9-20-10-17(11-20)8-14(5-7-21-17)22-16-4-2-3-6-18-16/h2-4,6,12,14H,5,7-11H2,1H3. The molecule has 122 valence electrons. The number of pyridine rings is 1. The minimum absolute atomic E-state index is 0.0315. The third-order valence-electron chi connectivity index (χ3n) is 4.61. The molecule has 1 atom stereocenters. The molecule has 0 saturated carbocycles. The topological polar surface area (TPSA) is 47.5 Å². The lowest BCUT2D eigenvalue weighted by molar-refractivity contribution is -0.188. The van der Waals surface area contributed by atoms with E-state index in [4.69, 9.17) is 9.47 Å². The number of aromatic nitrogens is 2. The first kappa shape index (κ1) is 15.1. The van der Waals surface area contributed by atoms with Crippen LogP contribution >= 0.6 is 11.3 Å². The number of likely N-dealkylation sites (tertiary alicyclic amines) is 1. The zero-order valence-electron chi connectivity index (χ0n) is 13.3. The van der Waals surface area contributed by atoms with Gasteiger partial charge in [-0.15, -0.1) is 11.3 Å². The first-order valence-corrected chi connectivity index (χ1v) is 8.93. The average molecular weight is 331 g/mol. The molecule has 4 heterocycles. The van der Waals surface area contributed by atoms with Crippen molar-refractivity contribution in [3.63, 3.8) is 0 Å². The van der Waals surface area contributed by atoms with Crippen LogP contribution in [0.25, 0.3) is 0 Å².